The van der Waals surface area contributed by atoms with Crippen LogP contribution >= 0.6 is 0 Å². The number of carbonyl (C=O) groups excluding carboxylic acids is 1. The normalized spacial score (nSPS) is 10.6. The highest BCUT2D eigenvalue weighted by Gasteiger charge is 2.19. The number of H-pyrrole nitrogens is 1. The van der Waals surface area contributed by atoms with Crippen LogP contribution in [-0.2, 0) is 0 Å². The average molecular weight is 392 g/mol. The molecule has 150 valence electrons. The SMILES string of the molecule is CCOc1nc2cccc(C(=O)N(CC)CCN(C)c3cc(C#N)ccn3)c2[nH]1. The number of rotatable bonds is 8. The van der Waals surface area contributed by atoms with Gasteiger partial charge in [0.1, 0.15) is 5.82 Å². The number of imidazole rings is 1. The molecule has 8 heteroatoms. The average Bonchev–Trinajstić information content (AvgIpc) is 3.16. The summed E-state index contributed by atoms with van der Waals surface area (Å²) in [4.78, 5) is 28.6. The molecule has 0 bridgehead atoms. The lowest BCUT2D eigenvalue weighted by atomic mass is 10.1. The monoisotopic (exact) mass is 392 g/mol. The quantitative estimate of drug-likeness (QED) is 0.633. The zero-order chi connectivity index (χ0) is 20.8. The van der Waals surface area contributed by atoms with Crippen LogP contribution in [-0.4, -0.2) is 59.0 Å². The van der Waals surface area contributed by atoms with Crippen LogP contribution in [0.15, 0.2) is 36.5 Å². The van der Waals surface area contributed by atoms with Crippen molar-refractivity contribution < 1.29 is 9.53 Å². The third kappa shape index (κ3) is 4.46. The summed E-state index contributed by atoms with van der Waals surface area (Å²) in [7, 11) is 1.89. The van der Waals surface area contributed by atoms with E-state index in [9.17, 15) is 4.79 Å². The van der Waals surface area contributed by atoms with Crippen LogP contribution in [0.1, 0.15) is 29.8 Å². The predicted octanol–water partition coefficient (Wildman–Crippen LogP) is 2.83. The largest absolute Gasteiger partial charge is 0.465 e. The Hall–Kier alpha value is -3.60. The molecule has 3 aromatic rings. The molecule has 0 aliphatic carbocycles. The molecule has 0 saturated heterocycles. The highest BCUT2D eigenvalue weighted by Crippen LogP contribution is 2.21. The van der Waals surface area contributed by atoms with Crippen LogP contribution in [0.4, 0.5) is 5.82 Å². The van der Waals surface area contributed by atoms with Gasteiger partial charge in [0, 0.05) is 32.9 Å². The zero-order valence-electron chi connectivity index (χ0n) is 16.8. The Kier molecular flexibility index (Phi) is 6.29. The Bertz CT molecular complexity index is 1040. The first-order valence-corrected chi connectivity index (χ1v) is 9.55. The fourth-order valence-corrected chi connectivity index (χ4v) is 3.05. The van der Waals surface area contributed by atoms with E-state index >= 15 is 0 Å². The summed E-state index contributed by atoms with van der Waals surface area (Å²) in [5.41, 5.74) is 2.50. The number of pyridine rings is 1. The van der Waals surface area contributed by atoms with Crippen molar-refractivity contribution in [2.75, 3.05) is 38.2 Å². The molecule has 1 N–H and O–H groups in total. The van der Waals surface area contributed by atoms with E-state index in [0.29, 0.717) is 60.2 Å². The minimum Gasteiger partial charge on any atom is -0.465 e. The van der Waals surface area contributed by atoms with E-state index < -0.39 is 0 Å². The maximum absolute atomic E-state index is 13.2. The van der Waals surface area contributed by atoms with Gasteiger partial charge in [-0.25, -0.2) is 4.98 Å². The first kappa shape index (κ1) is 20.1. The number of amides is 1. The lowest BCUT2D eigenvalue weighted by Crippen LogP contribution is -2.37. The van der Waals surface area contributed by atoms with Gasteiger partial charge >= 0.3 is 0 Å². The van der Waals surface area contributed by atoms with E-state index in [-0.39, 0.29) is 5.91 Å². The number of ether oxygens (including phenoxy) is 1. The second-order valence-corrected chi connectivity index (χ2v) is 6.50. The summed E-state index contributed by atoms with van der Waals surface area (Å²) in [5, 5.41) is 9.05. The van der Waals surface area contributed by atoms with Gasteiger partial charge in [-0.1, -0.05) is 6.07 Å². The van der Waals surface area contributed by atoms with E-state index in [4.69, 9.17) is 10.00 Å². The molecular weight excluding hydrogens is 368 g/mol. The summed E-state index contributed by atoms with van der Waals surface area (Å²) in [6.45, 7) is 6.01. The van der Waals surface area contributed by atoms with Gasteiger partial charge in [-0.15, -0.1) is 0 Å². The van der Waals surface area contributed by atoms with E-state index in [1.807, 2.05) is 37.9 Å². The van der Waals surface area contributed by atoms with Gasteiger partial charge in [0.25, 0.3) is 11.9 Å². The molecule has 0 fully saturated rings. The molecule has 3 rings (SSSR count). The Morgan fingerprint density at radius 3 is 2.83 bits per heavy atom. The number of carbonyl (C=O) groups is 1. The molecule has 29 heavy (non-hydrogen) atoms. The maximum atomic E-state index is 13.2. The molecular formula is C21H24N6O2. The van der Waals surface area contributed by atoms with Gasteiger partial charge < -0.3 is 19.5 Å². The first-order chi connectivity index (χ1) is 14.1. The molecule has 1 aromatic carbocycles. The third-order valence-electron chi connectivity index (χ3n) is 4.65. The van der Waals surface area contributed by atoms with E-state index in [1.165, 1.54) is 0 Å². The molecule has 0 saturated carbocycles. The fraction of sp³-hybridized carbons (Fsp3) is 0.333. The van der Waals surface area contributed by atoms with Gasteiger partial charge in [-0.3, -0.25) is 4.79 Å². The van der Waals surface area contributed by atoms with Gasteiger partial charge in [0.05, 0.1) is 34.8 Å². The lowest BCUT2D eigenvalue weighted by molar-refractivity contribution is 0.0770. The van der Waals surface area contributed by atoms with Crippen molar-refractivity contribution in [1.29, 1.82) is 5.26 Å². The zero-order valence-corrected chi connectivity index (χ0v) is 16.8. The first-order valence-electron chi connectivity index (χ1n) is 9.55. The molecule has 0 atom stereocenters. The van der Waals surface area contributed by atoms with Crippen LogP contribution in [0.5, 0.6) is 6.01 Å². The highest BCUT2D eigenvalue weighted by atomic mass is 16.5. The molecule has 0 spiro atoms. The number of aromatic nitrogens is 3. The summed E-state index contributed by atoms with van der Waals surface area (Å²) in [6.07, 6.45) is 1.61. The molecule has 2 aromatic heterocycles. The Labute approximate surface area is 169 Å². The van der Waals surface area contributed by atoms with Crippen molar-refractivity contribution in [3.63, 3.8) is 0 Å². The number of likely N-dealkylation sites (N-methyl/N-ethyl adjacent to an activating group) is 2. The summed E-state index contributed by atoms with van der Waals surface area (Å²) >= 11 is 0. The van der Waals surface area contributed by atoms with Gasteiger partial charge in [-0.2, -0.15) is 10.2 Å². The molecule has 0 unspecified atom stereocenters. The van der Waals surface area contributed by atoms with Crippen LogP contribution in [0.25, 0.3) is 11.0 Å². The molecule has 8 nitrogen and oxygen atoms in total. The maximum Gasteiger partial charge on any atom is 0.294 e. The van der Waals surface area contributed by atoms with Gasteiger partial charge in [0.15, 0.2) is 0 Å². The fourth-order valence-electron chi connectivity index (χ4n) is 3.05. The minimum absolute atomic E-state index is 0.0723. The lowest BCUT2D eigenvalue weighted by Gasteiger charge is -2.25. The number of hydrogen-bond donors (Lipinski definition) is 1. The predicted molar refractivity (Wildman–Crippen MR) is 111 cm³/mol. The number of hydrogen-bond acceptors (Lipinski definition) is 6. The summed E-state index contributed by atoms with van der Waals surface area (Å²) < 4.78 is 5.43. The second-order valence-electron chi connectivity index (χ2n) is 6.50. The molecule has 0 radical (unpaired) electrons. The van der Waals surface area contributed by atoms with Crippen molar-refractivity contribution >= 4 is 22.8 Å². The number of nitriles is 1. The Balaban J connectivity index is 1.75. The summed E-state index contributed by atoms with van der Waals surface area (Å²) in [5.74, 6) is 0.626. The van der Waals surface area contributed by atoms with Crippen LogP contribution in [0, 0.1) is 11.3 Å². The molecule has 0 aliphatic heterocycles. The number of fused-ring (bicyclic) bond motifs is 1. The molecule has 2 heterocycles. The standard InChI is InChI=1S/C21H24N6O2/c1-4-27(12-11-26(3)18-13-15(14-22)9-10-23-18)20(28)16-7-6-8-17-19(16)25-21(24-17)29-5-2/h6-10,13H,4-5,11-12H2,1-3H3,(H,24,25). The topological polar surface area (TPSA) is 98.1 Å². The van der Waals surface area contributed by atoms with Gasteiger partial charge in [0.2, 0.25) is 0 Å². The molecule has 1 amide bonds. The van der Waals surface area contributed by atoms with Crippen molar-refractivity contribution in [1.82, 2.24) is 19.9 Å². The smallest absolute Gasteiger partial charge is 0.294 e. The van der Waals surface area contributed by atoms with Gasteiger partial charge in [-0.05, 0) is 38.1 Å². The minimum atomic E-state index is -0.0723. The number of nitrogens with zero attached hydrogens (tertiary/aromatic N) is 5. The van der Waals surface area contributed by atoms with Crippen molar-refractivity contribution in [2.24, 2.45) is 0 Å². The van der Waals surface area contributed by atoms with Crippen LogP contribution < -0.4 is 9.64 Å². The van der Waals surface area contributed by atoms with Crippen molar-refractivity contribution in [3.05, 3.63) is 47.7 Å². The third-order valence-corrected chi connectivity index (χ3v) is 4.65. The van der Waals surface area contributed by atoms with E-state index in [2.05, 4.69) is 21.0 Å². The number of aromatic amines is 1. The number of anilines is 1. The van der Waals surface area contributed by atoms with Crippen LogP contribution in [0.2, 0.25) is 0 Å². The van der Waals surface area contributed by atoms with Crippen molar-refractivity contribution in [3.8, 4) is 12.1 Å². The summed E-state index contributed by atoms with van der Waals surface area (Å²) in [6, 6.07) is 11.4. The van der Waals surface area contributed by atoms with Crippen LogP contribution in [0.3, 0.4) is 0 Å². The Morgan fingerprint density at radius 2 is 2.10 bits per heavy atom. The van der Waals surface area contributed by atoms with E-state index in [1.54, 1.807) is 29.3 Å². The van der Waals surface area contributed by atoms with E-state index in [0.717, 1.165) is 0 Å². The number of nitrogens with one attached hydrogen (secondary N) is 1. The number of para-hydroxylation sites is 1. The Morgan fingerprint density at radius 1 is 1.28 bits per heavy atom. The second kappa shape index (κ2) is 9.06. The number of benzene rings is 1. The highest BCUT2D eigenvalue weighted by molar-refractivity contribution is 6.05. The van der Waals surface area contributed by atoms with Crippen molar-refractivity contribution in [2.45, 2.75) is 13.8 Å². The molecule has 0 aliphatic rings.